The highest BCUT2D eigenvalue weighted by atomic mass is 32.2. The Morgan fingerprint density at radius 1 is 1.07 bits per heavy atom. The first-order chi connectivity index (χ1) is 14.3. The van der Waals surface area contributed by atoms with E-state index in [4.69, 9.17) is 10.9 Å². The molecule has 0 bridgehead atoms. The summed E-state index contributed by atoms with van der Waals surface area (Å²) < 4.78 is 24.9. The minimum absolute atomic E-state index is 0.0251. The van der Waals surface area contributed by atoms with Gasteiger partial charge >= 0.3 is 0 Å². The summed E-state index contributed by atoms with van der Waals surface area (Å²) in [7, 11) is -3.95. The van der Waals surface area contributed by atoms with Crippen molar-refractivity contribution in [2.45, 2.75) is 11.4 Å². The number of hydrogen-bond acceptors (Lipinski definition) is 8. The number of carbonyl (C=O) groups excluding carboxylic acids is 1. The molecule has 0 radical (unpaired) electrons. The molecule has 0 atom stereocenters. The molecule has 0 aliphatic heterocycles. The van der Waals surface area contributed by atoms with Gasteiger partial charge in [0.15, 0.2) is 11.5 Å². The van der Waals surface area contributed by atoms with Crippen LogP contribution in [0.2, 0.25) is 0 Å². The van der Waals surface area contributed by atoms with Crippen LogP contribution in [-0.4, -0.2) is 39.3 Å². The Morgan fingerprint density at radius 3 is 2.53 bits per heavy atom. The minimum Gasteiger partial charge on any atom is -0.364 e. The molecule has 4 aromatic rings. The lowest BCUT2D eigenvalue weighted by Crippen LogP contribution is -2.20. The molecule has 2 aromatic heterocycles. The summed E-state index contributed by atoms with van der Waals surface area (Å²) in [6.45, 7) is 0.370. The van der Waals surface area contributed by atoms with Crippen LogP contribution >= 0.6 is 0 Å². The molecule has 0 spiro atoms. The Bertz CT molecular complexity index is 1350. The third-order valence-electron chi connectivity index (χ3n) is 4.28. The summed E-state index contributed by atoms with van der Waals surface area (Å²) in [5, 5.41) is 20.6. The van der Waals surface area contributed by atoms with Crippen LogP contribution < -0.4 is 16.2 Å². The highest BCUT2D eigenvalue weighted by Gasteiger charge is 2.19. The standard InChI is InChI=1S/C18H16N8O3S/c19-16(27)15-17(21-9-11-5-2-1-3-6-11)23-18(25-24-15)26-13-7-4-8-14(30(20,28)29)12(13)10-22-26/h1-8,10H,9H2,(H2,19,27)(H2,20,28,29)(H,21,23,25). The van der Waals surface area contributed by atoms with E-state index in [2.05, 4.69) is 25.6 Å². The van der Waals surface area contributed by atoms with E-state index in [0.717, 1.165) is 5.56 Å². The molecule has 0 unspecified atom stereocenters. The van der Waals surface area contributed by atoms with Crippen LogP contribution in [0.3, 0.4) is 0 Å². The Hall–Kier alpha value is -3.90. The molecule has 0 aliphatic rings. The lowest BCUT2D eigenvalue weighted by Gasteiger charge is -2.10. The van der Waals surface area contributed by atoms with Crippen molar-refractivity contribution in [1.29, 1.82) is 0 Å². The van der Waals surface area contributed by atoms with Gasteiger partial charge in [0.05, 0.1) is 16.6 Å². The first-order valence-electron chi connectivity index (χ1n) is 8.67. The fraction of sp³-hybridized carbons (Fsp3) is 0.0556. The number of nitrogens with zero attached hydrogens (tertiary/aromatic N) is 5. The van der Waals surface area contributed by atoms with Crippen molar-refractivity contribution in [3.63, 3.8) is 0 Å². The van der Waals surface area contributed by atoms with Gasteiger partial charge in [-0.25, -0.2) is 13.6 Å². The van der Waals surface area contributed by atoms with Crippen molar-refractivity contribution in [1.82, 2.24) is 25.0 Å². The monoisotopic (exact) mass is 424 g/mol. The number of carbonyl (C=O) groups is 1. The summed E-state index contributed by atoms with van der Waals surface area (Å²) in [5.41, 5.74) is 6.62. The Balaban J connectivity index is 1.77. The van der Waals surface area contributed by atoms with E-state index in [1.807, 2.05) is 30.3 Å². The first-order valence-corrected chi connectivity index (χ1v) is 10.2. The van der Waals surface area contributed by atoms with E-state index in [9.17, 15) is 13.2 Å². The molecule has 4 rings (SSSR count). The van der Waals surface area contributed by atoms with E-state index >= 15 is 0 Å². The maximum absolute atomic E-state index is 11.8. The van der Waals surface area contributed by atoms with Gasteiger partial charge in [-0.1, -0.05) is 36.4 Å². The van der Waals surface area contributed by atoms with Crippen molar-refractivity contribution < 1.29 is 13.2 Å². The van der Waals surface area contributed by atoms with Crippen molar-refractivity contribution in [2.75, 3.05) is 5.32 Å². The van der Waals surface area contributed by atoms with Gasteiger partial charge in [0.25, 0.3) is 11.9 Å². The quantitative estimate of drug-likeness (QED) is 0.403. The maximum Gasteiger partial charge on any atom is 0.273 e. The zero-order chi connectivity index (χ0) is 21.3. The van der Waals surface area contributed by atoms with Crippen LogP contribution in [0.4, 0.5) is 5.82 Å². The molecule has 2 aromatic carbocycles. The summed E-state index contributed by atoms with van der Waals surface area (Å²) in [4.78, 5) is 16.0. The zero-order valence-electron chi connectivity index (χ0n) is 15.4. The lowest BCUT2D eigenvalue weighted by molar-refractivity contribution is 0.0995. The van der Waals surface area contributed by atoms with Crippen LogP contribution in [0, 0.1) is 0 Å². The fourth-order valence-corrected chi connectivity index (χ4v) is 3.64. The number of sulfonamides is 1. The molecule has 152 valence electrons. The van der Waals surface area contributed by atoms with Gasteiger partial charge in [-0.05, 0) is 17.7 Å². The molecule has 11 nitrogen and oxygen atoms in total. The van der Waals surface area contributed by atoms with Crippen molar-refractivity contribution in [3.8, 4) is 5.95 Å². The van der Waals surface area contributed by atoms with Crippen molar-refractivity contribution in [3.05, 3.63) is 66.0 Å². The van der Waals surface area contributed by atoms with E-state index in [0.29, 0.717) is 17.4 Å². The largest absolute Gasteiger partial charge is 0.364 e. The molecule has 0 saturated heterocycles. The van der Waals surface area contributed by atoms with Gasteiger partial charge in [-0.2, -0.15) is 14.8 Å². The van der Waals surface area contributed by atoms with E-state index in [1.54, 1.807) is 6.07 Å². The summed E-state index contributed by atoms with van der Waals surface area (Å²) >= 11 is 0. The normalized spacial score (nSPS) is 11.5. The Kier molecular flexibility index (Phi) is 4.85. The molecular formula is C18H16N8O3S. The second-order valence-electron chi connectivity index (χ2n) is 6.30. The number of hydrogen-bond donors (Lipinski definition) is 3. The number of nitrogens with one attached hydrogen (secondary N) is 1. The van der Waals surface area contributed by atoms with Crippen molar-refractivity contribution in [2.24, 2.45) is 10.9 Å². The Morgan fingerprint density at radius 2 is 1.83 bits per heavy atom. The smallest absolute Gasteiger partial charge is 0.273 e. The van der Waals surface area contributed by atoms with Crippen LogP contribution in [0.1, 0.15) is 16.1 Å². The predicted molar refractivity (Wildman–Crippen MR) is 108 cm³/mol. The van der Waals surface area contributed by atoms with Gasteiger partial charge in [-0.3, -0.25) is 4.79 Å². The van der Waals surface area contributed by atoms with Gasteiger partial charge in [-0.15, -0.1) is 10.2 Å². The number of aromatic nitrogens is 5. The lowest BCUT2D eigenvalue weighted by atomic mass is 10.2. The molecule has 0 aliphatic carbocycles. The summed E-state index contributed by atoms with van der Waals surface area (Å²) in [6.07, 6.45) is 1.34. The highest BCUT2D eigenvalue weighted by molar-refractivity contribution is 7.89. The first kappa shape index (κ1) is 19.4. The predicted octanol–water partition coefficient (Wildman–Crippen LogP) is 0.569. The second kappa shape index (κ2) is 7.50. The number of primary sulfonamides is 1. The number of nitrogens with two attached hydrogens (primary N) is 2. The van der Waals surface area contributed by atoms with E-state index in [-0.39, 0.29) is 22.4 Å². The SMILES string of the molecule is NC(=O)c1nnc(-n2ncc3c(S(N)(=O)=O)cccc32)nc1NCc1ccccc1. The molecule has 1 amide bonds. The molecule has 12 heteroatoms. The van der Waals surface area contributed by atoms with Crippen LogP contribution in [0.15, 0.2) is 59.6 Å². The second-order valence-corrected chi connectivity index (χ2v) is 7.83. The van der Waals surface area contributed by atoms with Gasteiger partial charge in [0.2, 0.25) is 10.0 Å². The van der Waals surface area contributed by atoms with Crippen molar-refractivity contribution >= 4 is 32.7 Å². The molecule has 5 N–H and O–H groups in total. The number of benzene rings is 2. The van der Waals surface area contributed by atoms with Crippen LogP contribution in [0.25, 0.3) is 16.9 Å². The third-order valence-corrected chi connectivity index (χ3v) is 5.25. The summed E-state index contributed by atoms with van der Waals surface area (Å²) in [5.74, 6) is -0.640. The fourth-order valence-electron chi connectivity index (χ4n) is 2.91. The maximum atomic E-state index is 11.8. The number of primary amides is 1. The molecule has 2 heterocycles. The average molecular weight is 424 g/mol. The highest BCUT2D eigenvalue weighted by Crippen LogP contribution is 2.23. The van der Waals surface area contributed by atoms with Gasteiger partial charge < -0.3 is 11.1 Å². The minimum atomic E-state index is -3.95. The van der Waals surface area contributed by atoms with E-state index < -0.39 is 15.9 Å². The zero-order valence-corrected chi connectivity index (χ0v) is 16.2. The van der Waals surface area contributed by atoms with Crippen LogP contribution in [0.5, 0.6) is 0 Å². The Labute approximate surface area is 170 Å². The number of anilines is 1. The molecule has 30 heavy (non-hydrogen) atoms. The number of fused-ring (bicyclic) bond motifs is 1. The van der Waals surface area contributed by atoms with Gasteiger partial charge in [0.1, 0.15) is 0 Å². The molecule has 0 fully saturated rings. The summed E-state index contributed by atoms with van der Waals surface area (Å²) in [6, 6.07) is 14.0. The average Bonchev–Trinajstić information content (AvgIpc) is 3.16. The number of rotatable bonds is 6. The topological polar surface area (TPSA) is 172 Å². The number of amides is 1. The molecule has 0 saturated carbocycles. The van der Waals surface area contributed by atoms with E-state index in [1.165, 1.54) is 23.0 Å². The third kappa shape index (κ3) is 3.68. The molecular weight excluding hydrogens is 408 g/mol. The van der Waals surface area contributed by atoms with Crippen LogP contribution in [-0.2, 0) is 16.6 Å². The van der Waals surface area contributed by atoms with Gasteiger partial charge in [0, 0.05) is 11.9 Å².